The second-order valence-electron chi connectivity index (χ2n) is 3.26. The third kappa shape index (κ3) is 1.68. The molecular formula is C9H12O3. The monoisotopic (exact) mass is 168 g/mol. The molecule has 3 nitrogen and oxygen atoms in total. The van der Waals surface area contributed by atoms with Crippen molar-refractivity contribution in [1.29, 1.82) is 0 Å². The number of rotatable bonds is 1. The first-order chi connectivity index (χ1) is 5.41. The molecule has 0 unspecified atom stereocenters. The molecule has 1 aromatic carbocycles. The first kappa shape index (κ1) is 8.87. The van der Waals surface area contributed by atoms with Crippen LogP contribution in [0.5, 0.6) is 11.5 Å². The Morgan fingerprint density at radius 3 is 2.17 bits per heavy atom. The van der Waals surface area contributed by atoms with Crippen LogP contribution >= 0.6 is 0 Å². The minimum absolute atomic E-state index is 0.0134. The number of hydrogen-bond donors (Lipinski definition) is 3. The van der Waals surface area contributed by atoms with Gasteiger partial charge in [0.25, 0.3) is 0 Å². The Morgan fingerprint density at radius 1 is 1.17 bits per heavy atom. The summed E-state index contributed by atoms with van der Waals surface area (Å²) in [4.78, 5) is 0. The standard InChI is InChI=1S/C9H12O3/c1-9(2,12)7-4-3-6(10)5-8(7)11/h3-5,10-12H,1-2H3. The van der Waals surface area contributed by atoms with Crippen LogP contribution in [0.1, 0.15) is 19.4 Å². The third-order valence-electron chi connectivity index (χ3n) is 1.64. The summed E-state index contributed by atoms with van der Waals surface area (Å²) in [5.41, 5.74) is -0.682. The Balaban J connectivity index is 3.19. The molecule has 0 bridgehead atoms. The van der Waals surface area contributed by atoms with E-state index >= 15 is 0 Å². The molecule has 0 saturated heterocycles. The van der Waals surface area contributed by atoms with Crippen molar-refractivity contribution >= 4 is 0 Å². The Labute approximate surface area is 70.9 Å². The second kappa shape index (κ2) is 2.68. The fourth-order valence-corrected chi connectivity index (χ4v) is 1.04. The molecule has 1 rings (SSSR count). The average Bonchev–Trinajstić information content (AvgIpc) is 1.83. The minimum Gasteiger partial charge on any atom is -0.508 e. The van der Waals surface area contributed by atoms with Gasteiger partial charge in [0.1, 0.15) is 11.5 Å². The lowest BCUT2D eigenvalue weighted by Gasteiger charge is -2.18. The number of phenols is 2. The van der Waals surface area contributed by atoms with E-state index in [4.69, 9.17) is 5.11 Å². The van der Waals surface area contributed by atoms with Gasteiger partial charge in [-0.2, -0.15) is 0 Å². The van der Waals surface area contributed by atoms with Crippen molar-refractivity contribution in [2.24, 2.45) is 0 Å². The van der Waals surface area contributed by atoms with Gasteiger partial charge in [-0.15, -0.1) is 0 Å². The van der Waals surface area contributed by atoms with E-state index in [1.807, 2.05) is 0 Å². The predicted octanol–water partition coefficient (Wildman–Crippen LogP) is 1.33. The first-order valence-corrected chi connectivity index (χ1v) is 3.66. The topological polar surface area (TPSA) is 60.7 Å². The van der Waals surface area contributed by atoms with E-state index in [0.29, 0.717) is 5.56 Å². The van der Waals surface area contributed by atoms with Crippen molar-refractivity contribution in [2.45, 2.75) is 19.4 Å². The van der Waals surface area contributed by atoms with Crippen molar-refractivity contribution < 1.29 is 15.3 Å². The molecule has 12 heavy (non-hydrogen) atoms. The number of phenolic OH excluding ortho intramolecular Hbond substituents is 2. The molecule has 0 amide bonds. The number of aliphatic hydroxyl groups is 1. The lowest BCUT2D eigenvalue weighted by Crippen LogP contribution is -2.15. The summed E-state index contributed by atoms with van der Waals surface area (Å²) >= 11 is 0. The van der Waals surface area contributed by atoms with Crippen molar-refractivity contribution in [2.75, 3.05) is 0 Å². The summed E-state index contributed by atoms with van der Waals surface area (Å²) in [6.07, 6.45) is 0. The largest absolute Gasteiger partial charge is 0.508 e. The molecule has 0 spiro atoms. The molecule has 0 aliphatic heterocycles. The van der Waals surface area contributed by atoms with Crippen LogP contribution in [0.15, 0.2) is 18.2 Å². The van der Waals surface area contributed by atoms with Gasteiger partial charge in [0.05, 0.1) is 5.60 Å². The molecule has 1 aromatic rings. The van der Waals surface area contributed by atoms with Crippen LogP contribution in [0.4, 0.5) is 0 Å². The average molecular weight is 168 g/mol. The maximum atomic E-state index is 9.52. The van der Waals surface area contributed by atoms with E-state index in [-0.39, 0.29) is 11.5 Å². The molecule has 3 heteroatoms. The van der Waals surface area contributed by atoms with Gasteiger partial charge in [-0.1, -0.05) is 0 Å². The summed E-state index contributed by atoms with van der Waals surface area (Å²) in [7, 11) is 0. The Bertz CT molecular complexity index is 286. The molecule has 0 aliphatic rings. The van der Waals surface area contributed by atoms with E-state index in [0.717, 1.165) is 0 Å². The predicted molar refractivity (Wildman–Crippen MR) is 45.0 cm³/mol. The molecule has 0 fully saturated rings. The number of aromatic hydroxyl groups is 2. The van der Waals surface area contributed by atoms with Gasteiger partial charge in [0, 0.05) is 11.6 Å². The summed E-state index contributed by atoms with van der Waals surface area (Å²) in [6.45, 7) is 3.14. The van der Waals surface area contributed by atoms with E-state index < -0.39 is 5.60 Å². The van der Waals surface area contributed by atoms with E-state index in [2.05, 4.69) is 0 Å². The normalized spacial score (nSPS) is 11.6. The molecule has 0 saturated carbocycles. The molecule has 0 atom stereocenters. The van der Waals surface area contributed by atoms with Crippen molar-refractivity contribution in [1.82, 2.24) is 0 Å². The molecule has 0 aliphatic carbocycles. The smallest absolute Gasteiger partial charge is 0.125 e. The maximum Gasteiger partial charge on any atom is 0.125 e. The fraction of sp³-hybridized carbons (Fsp3) is 0.333. The highest BCUT2D eigenvalue weighted by molar-refractivity contribution is 5.41. The van der Waals surface area contributed by atoms with Crippen LogP contribution < -0.4 is 0 Å². The van der Waals surface area contributed by atoms with Crippen LogP contribution in [0, 0.1) is 0 Å². The van der Waals surface area contributed by atoms with Crippen LogP contribution in [0.2, 0.25) is 0 Å². The third-order valence-corrected chi connectivity index (χ3v) is 1.64. The van der Waals surface area contributed by atoms with E-state index in [1.54, 1.807) is 13.8 Å². The first-order valence-electron chi connectivity index (χ1n) is 3.66. The highest BCUT2D eigenvalue weighted by Gasteiger charge is 2.19. The van der Waals surface area contributed by atoms with E-state index in [9.17, 15) is 10.2 Å². The Hall–Kier alpha value is -1.22. The quantitative estimate of drug-likeness (QED) is 0.592. The summed E-state index contributed by atoms with van der Waals surface area (Å²) in [5.74, 6) is -0.108. The van der Waals surface area contributed by atoms with Gasteiger partial charge >= 0.3 is 0 Å². The highest BCUT2D eigenvalue weighted by Crippen LogP contribution is 2.31. The molecule has 0 heterocycles. The van der Waals surface area contributed by atoms with Crippen LogP contribution in [0.25, 0.3) is 0 Å². The zero-order valence-electron chi connectivity index (χ0n) is 7.07. The lowest BCUT2D eigenvalue weighted by atomic mass is 9.97. The zero-order valence-corrected chi connectivity index (χ0v) is 7.07. The van der Waals surface area contributed by atoms with E-state index in [1.165, 1.54) is 18.2 Å². The van der Waals surface area contributed by atoms with Gasteiger partial charge in [0.15, 0.2) is 0 Å². The van der Waals surface area contributed by atoms with Crippen molar-refractivity contribution in [3.63, 3.8) is 0 Å². The van der Waals surface area contributed by atoms with Crippen LogP contribution in [-0.4, -0.2) is 15.3 Å². The number of benzene rings is 1. The SMILES string of the molecule is CC(C)(O)c1ccc(O)cc1O. The summed E-state index contributed by atoms with van der Waals surface area (Å²) in [6, 6.07) is 4.12. The fourth-order valence-electron chi connectivity index (χ4n) is 1.04. The van der Waals surface area contributed by atoms with Crippen molar-refractivity contribution in [3.8, 4) is 11.5 Å². The minimum atomic E-state index is -1.09. The lowest BCUT2D eigenvalue weighted by molar-refractivity contribution is 0.0758. The molecule has 66 valence electrons. The van der Waals surface area contributed by atoms with Gasteiger partial charge < -0.3 is 15.3 Å². The van der Waals surface area contributed by atoms with Gasteiger partial charge in [-0.25, -0.2) is 0 Å². The van der Waals surface area contributed by atoms with Crippen molar-refractivity contribution in [3.05, 3.63) is 23.8 Å². The highest BCUT2D eigenvalue weighted by atomic mass is 16.3. The Morgan fingerprint density at radius 2 is 1.75 bits per heavy atom. The van der Waals surface area contributed by atoms with Crippen LogP contribution in [-0.2, 0) is 5.60 Å². The maximum absolute atomic E-state index is 9.52. The summed E-state index contributed by atoms with van der Waals surface area (Å²) < 4.78 is 0. The van der Waals surface area contributed by atoms with Gasteiger partial charge in [-0.05, 0) is 26.0 Å². The van der Waals surface area contributed by atoms with Crippen LogP contribution in [0.3, 0.4) is 0 Å². The molecule has 3 N–H and O–H groups in total. The summed E-state index contributed by atoms with van der Waals surface area (Å²) in [5, 5.41) is 27.8. The zero-order chi connectivity index (χ0) is 9.35. The molecule has 0 radical (unpaired) electrons. The van der Waals surface area contributed by atoms with Gasteiger partial charge in [-0.3, -0.25) is 0 Å². The number of hydrogen-bond acceptors (Lipinski definition) is 3. The van der Waals surface area contributed by atoms with Gasteiger partial charge in [0.2, 0.25) is 0 Å². The Kier molecular flexibility index (Phi) is 1.98. The second-order valence-corrected chi connectivity index (χ2v) is 3.26. The molecule has 0 aromatic heterocycles. The molecular weight excluding hydrogens is 156 g/mol.